The van der Waals surface area contributed by atoms with Crippen LogP contribution >= 0.6 is 0 Å². The molecule has 0 aliphatic carbocycles. The Balaban J connectivity index is 1.75. The molecule has 1 N–H and O–H groups in total. The summed E-state index contributed by atoms with van der Waals surface area (Å²) in [7, 11) is 0. The summed E-state index contributed by atoms with van der Waals surface area (Å²) in [6.07, 6.45) is 4.38. The summed E-state index contributed by atoms with van der Waals surface area (Å²) in [5.74, 6) is 0. The summed E-state index contributed by atoms with van der Waals surface area (Å²) < 4.78 is 16.7. The van der Waals surface area contributed by atoms with Crippen molar-refractivity contribution in [3.63, 3.8) is 0 Å². The Hall–Kier alpha value is -3.38. The molecular weight excluding hydrogens is 394 g/mol. The van der Waals surface area contributed by atoms with Crippen LogP contribution in [0.5, 0.6) is 0 Å². The molecule has 6 heteroatoms. The fourth-order valence-corrected chi connectivity index (χ4v) is 4.43. The zero-order chi connectivity index (χ0) is 21.7. The highest BCUT2D eigenvalue weighted by molar-refractivity contribution is 5.54. The lowest BCUT2D eigenvalue weighted by Gasteiger charge is -2.37. The minimum atomic E-state index is -0.826. The molecule has 2 heterocycles. The molecule has 3 atom stereocenters. The highest BCUT2D eigenvalue weighted by Crippen LogP contribution is 2.47. The maximum atomic E-state index is 11.0. The van der Waals surface area contributed by atoms with Crippen LogP contribution in [0.25, 0.3) is 0 Å². The number of benzene rings is 2. The monoisotopic (exact) mass is 419 g/mol. The second kappa shape index (κ2) is 9.18. The number of nitrogens with one attached hydrogen (secondary N) is 1. The smallest absolute Gasteiger partial charge is 0.293 e. The summed E-state index contributed by atoms with van der Waals surface area (Å²) in [5.41, 5.74) is 4.16. The third kappa shape index (κ3) is 4.11. The van der Waals surface area contributed by atoms with Crippen molar-refractivity contribution in [2.24, 2.45) is 0 Å². The number of aryl methyl sites for hydroxylation is 1. The molecular formula is C25H25NO5. The van der Waals surface area contributed by atoms with Crippen LogP contribution in [0.1, 0.15) is 11.1 Å². The predicted molar refractivity (Wildman–Crippen MR) is 117 cm³/mol. The highest BCUT2D eigenvalue weighted by Gasteiger charge is 2.53. The number of fused-ring (bicyclic) bond motifs is 2. The van der Waals surface area contributed by atoms with E-state index in [9.17, 15) is 9.59 Å². The predicted octanol–water partition coefficient (Wildman–Crippen LogP) is 3.37. The summed E-state index contributed by atoms with van der Waals surface area (Å²) in [6, 6.07) is 18.0. The van der Waals surface area contributed by atoms with Gasteiger partial charge in [-0.3, -0.25) is 9.59 Å². The van der Waals surface area contributed by atoms with Gasteiger partial charge < -0.3 is 19.5 Å². The van der Waals surface area contributed by atoms with Crippen LogP contribution in [-0.2, 0) is 30.2 Å². The average Bonchev–Trinajstić information content (AvgIpc) is 3.36. The first-order chi connectivity index (χ1) is 15.2. The Morgan fingerprint density at radius 2 is 1.74 bits per heavy atom. The van der Waals surface area contributed by atoms with Crippen LogP contribution in [-0.4, -0.2) is 43.9 Å². The Labute approximate surface area is 181 Å². The first-order valence-electron chi connectivity index (χ1n) is 10.2. The Morgan fingerprint density at radius 1 is 1.03 bits per heavy atom. The van der Waals surface area contributed by atoms with Gasteiger partial charge in [-0.1, -0.05) is 48.5 Å². The maximum absolute atomic E-state index is 11.0. The summed E-state index contributed by atoms with van der Waals surface area (Å²) in [5, 5.41) is 3.63. The van der Waals surface area contributed by atoms with E-state index >= 15 is 0 Å². The van der Waals surface area contributed by atoms with Gasteiger partial charge in [-0.05, 0) is 42.7 Å². The van der Waals surface area contributed by atoms with Crippen LogP contribution < -0.4 is 5.32 Å². The van der Waals surface area contributed by atoms with Crippen molar-refractivity contribution in [1.82, 2.24) is 0 Å². The molecule has 2 bridgehead atoms. The van der Waals surface area contributed by atoms with E-state index in [4.69, 9.17) is 14.2 Å². The van der Waals surface area contributed by atoms with Crippen molar-refractivity contribution in [2.75, 3.05) is 18.5 Å². The van der Waals surface area contributed by atoms with Gasteiger partial charge in [0.15, 0.2) is 0 Å². The standard InChI is InChI=1S/C25H25NO5/c1-18-7-5-6-8-19(18)13-24(26-20-9-3-2-4-10-20)25-12-11-23(31-25)21(14-29-16-27)22(25)15-30-17-28/h2-12,16-17,23-24,26H,13-15H2,1H3. The molecule has 31 heavy (non-hydrogen) atoms. The fourth-order valence-electron chi connectivity index (χ4n) is 4.43. The van der Waals surface area contributed by atoms with Crippen LogP contribution in [0.3, 0.4) is 0 Å². The lowest BCUT2D eigenvalue weighted by atomic mass is 9.79. The second-order valence-corrected chi connectivity index (χ2v) is 7.70. The molecule has 0 fully saturated rings. The maximum Gasteiger partial charge on any atom is 0.293 e. The number of hydrogen-bond donors (Lipinski definition) is 1. The zero-order valence-electron chi connectivity index (χ0n) is 17.3. The Kier molecular flexibility index (Phi) is 6.18. The Bertz CT molecular complexity index is 1000. The van der Waals surface area contributed by atoms with E-state index in [0.717, 1.165) is 16.8 Å². The third-order valence-electron chi connectivity index (χ3n) is 5.96. The fraction of sp³-hybridized carbons (Fsp3) is 0.280. The lowest BCUT2D eigenvalue weighted by Crippen LogP contribution is -2.48. The van der Waals surface area contributed by atoms with Crippen LogP contribution in [0, 0.1) is 6.92 Å². The number of carbonyl (C=O) groups is 2. The molecule has 6 nitrogen and oxygen atoms in total. The van der Waals surface area contributed by atoms with Crippen LogP contribution in [0.4, 0.5) is 5.69 Å². The molecule has 3 unspecified atom stereocenters. The third-order valence-corrected chi connectivity index (χ3v) is 5.96. The van der Waals surface area contributed by atoms with Crippen molar-refractivity contribution >= 4 is 18.6 Å². The number of ether oxygens (including phenoxy) is 3. The summed E-state index contributed by atoms with van der Waals surface area (Å²) in [6.45, 7) is 3.10. The van der Waals surface area contributed by atoms with Crippen molar-refractivity contribution in [2.45, 2.75) is 31.1 Å². The van der Waals surface area contributed by atoms with Gasteiger partial charge in [0.25, 0.3) is 12.9 Å². The van der Waals surface area contributed by atoms with Gasteiger partial charge in [0.05, 0.1) is 6.04 Å². The Morgan fingerprint density at radius 3 is 2.48 bits per heavy atom. The SMILES string of the molecule is Cc1ccccc1CC(Nc1ccccc1)C12C=CC(O1)C(COC=O)=C2COC=O. The first-order valence-corrected chi connectivity index (χ1v) is 10.2. The van der Waals surface area contributed by atoms with Gasteiger partial charge in [-0.15, -0.1) is 0 Å². The van der Waals surface area contributed by atoms with Gasteiger partial charge >= 0.3 is 0 Å². The number of rotatable bonds is 11. The molecule has 2 aliphatic heterocycles. The van der Waals surface area contributed by atoms with Gasteiger partial charge in [-0.2, -0.15) is 0 Å². The van der Waals surface area contributed by atoms with Crippen molar-refractivity contribution < 1.29 is 23.8 Å². The molecule has 4 rings (SSSR count). The zero-order valence-corrected chi connectivity index (χ0v) is 17.3. The molecule has 0 aromatic heterocycles. The number of hydrogen-bond acceptors (Lipinski definition) is 6. The van der Waals surface area contributed by atoms with Crippen LogP contribution in [0.2, 0.25) is 0 Å². The van der Waals surface area contributed by atoms with E-state index in [1.165, 1.54) is 11.1 Å². The minimum absolute atomic E-state index is 0.0721. The van der Waals surface area contributed by atoms with E-state index in [2.05, 4.69) is 24.4 Å². The molecule has 0 saturated carbocycles. The summed E-state index contributed by atoms with van der Waals surface area (Å²) >= 11 is 0. The minimum Gasteiger partial charge on any atom is -0.463 e. The average molecular weight is 419 g/mol. The number of anilines is 1. The van der Waals surface area contributed by atoms with E-state index in [1.54, 1.807) is 0 Å². The van der Waals surface area contributed by atoms with Gasteiger partial charge in [0, 0.05) is 16.8 Å². The summed E-state index contributed by atoms with van der Waals surface area (Å²) in [4.78, 5) is 21.8. The molecule has 2 aromatic rings. The van der Waals surface area contributed by atoms with Crippen molar-refractivity contribution in [3.05, 3.63) is 89.0 Å². The van der Waals surface area contributed by atoms with E-state index < -0.39 is 5.60 Å². The van der Waals surface area contributed by atoms with Crippen molar-refractivity contribution in [1.29, 1.82) is 0 Å². The molecule has 160 valence electrons. The largest absolute Gasteiger partial charge is 0.463 e. The first kappa shape index (κ1) is 20.9. The van der Waals surface area contributed by atoms with E-state index in [-0.39, 0.29) is 25.4 Å². The van der Waals surface area contributed by atoms with Crippen LogP contribution in [0.15, 0.2) is 77.9 Å². The lowest BCUT2D eigenvalue weighted by molar-refractivity contribution is -0.129. The van der Waals surface area contributed by atoms with Crippen molar-refractivity contribution in [3.8, 4) is 0 Å². The second-order valence-electron chi connectivity index (χ2n) is 7.70. The molecule has 2 aliphatic rings. The molecule has 2 aromatic carbocycles. The molecule has 0 radical (unpaired) electrons. The molecule has 0 spiro atoms. The van der Waals surface area contributed by atoms with Gasteiger partial charge in [0.2, 0.25) is 0 Å². The highest BCUT2D eigenvalue weighted by atomic mass is 16.5. The topological polar surface area (TPSA) is 73.9 Å². The normalized spacial score (nSPS) is 22.3. The van der Waals surface area contributed by atoms with Gasteiger partial charge in [0.1, 0.15) is 24.9 Å². The van der Waals surface area contributed by atoms with Gasteiger partial charge in [-0.25, -0.2) is 0 Å². The molecule has 0 amide bonds. The van der Waals surface area contributed by atoms with E-state index in [0.29, 0.717) is 19.4 Å². The molecule has 0 saturated heterocycles. The number of para-hydroxylation sites is 1. The van der Waals surface area contributed by atoms with E-state index in [1.807, 2.05) is 54.6 Å². The quantitative estimate of drug-likeness (QED) is 0.445. The number of carbonyl (C=O) groups excluding carboxylic acids is 2.